The van der Waals surface area contributed by atoms with Crippen LogP contribution in [-0.2, 0) is 19.6 Å². The fourth-order valence-corrected chi connectivity index (χ4v) is 1.94. The van der Waals surface area contributed by atoms with E-state index in [1.165, 1.54) is 0 Å². The van der Waals surface area contributed by atoms with Gasteiger partial charge in [0, 0.05) is 43.7 Å². The first kappa shape index (κ1) is 13.4. The molecule has 0 atom stereocenters. The molecule has 0 saturated carbocycles. The van der Waals surface area contributed by atoms with E-state index in [0.29, 0.717) is 13.1 Å². The van der Waals surface area contributed by atoms with Crippen LogP contribution in [0, 0.1) is 0 Å². The summed E-state index contributed by atoms with van der Waals surface area (Å²) in [6.45, 7) is 6.43. The van der Waals surface area contributed by atoms with E-state index in [4.69, 9.17) is 0 Å². The number of nitrogens with zero attached hydrogens (tertiary/aromatic N) is 3. The number of aromatic nitrogens is 3. The van der Waals surface area contributed by atoms with E-state index in [2.05, 4.69) is 17.3 Å². The van der Waals surface area contributed by atoms with Gasteiger partial charge in [-0.05, 0) is 19.4 Å². The number of anilines is 1. The van der Waals surface area contributed by atoms with E-state index in [9.17, 15) is 4.79 Å². The molecule has 0 saturated heterocycles. The maximum Gasteiger partial charge on any atom is 0.250 e. The highest BCUT2D eigenvalue weighted by Gasteiger charge is 2.00. The van der Waals surface area contributed by atoms with Crippen LogP contribution in [0.3, 0.4) is 0 Å². The van der Waals surface area contributed by atoms with Crippen LogP contribution in [0.4, 0.5) is 5.69 Å². The second kappa shape index (κ2) is 6.22. The molecule has 5 heteroatoms. The van der Waals surface area contributed by atoms with Crippen molar-refractivity contribution in [1.82, 2.24) is 14.3 Å². The molecule has 0 aliphatic carbocycles. The smallest absolute Gasteiger partial charge is 0.250 e. The number of aryl methyl sites for hydroxylation is 2. The lowest BCUT2D eigenvalue weighted by Gasteiger charge is -2.07. The third-order valence-electron chi connectivity index (χ3n) is 2.96. The molecular formula is C14H20N4O. The van der Waals surface area contributed by atoms with Crippen molar-refractivity contribution < 1.29 is 0 Å². The third kappa shape index (κ3) is 3.47. The van der Waals surface area contributed by atoms with Crippen molar-refractivity contribution in [3.63, 3.8) is 0 Å². The van der Waals surface area contributed by atoms with Gasteiger partial charge in [-0.1, -0.05) is 6.92 Å². The van der Waals surface area contributed by atoms with Crippen molar-refractivity contribution >= 4 is 5.69 Å². The zero-order chi connectivity index (χ0) is 13.7. The molecule has 0 aromatic carbocycles. The number of hydrogen-bond donors (Lipinski definition) is 1. The van der Waals surface area contributed by atoms with Gasteiger partial charge in [-0.15, -0.1) is 0 Å². The summed E-state index contributed by atoms with van der Waals surface area (Å²) in [5.41, 5.74) is 2.12. The standard InChI is InChI=1S/C14H20N4O/c1-3-7-18-10-12(9-16-18)8-15-13-5-6-14(19)17(4-2)11-13/h5-6,9-11,15H,3-4,7-8H2,1-2H3. The van der Waals surface area contributed by atoms with Gasteiger partial charge in [0.05, 0.1) is 11.9 Å². The number of pyridine rings is 1. The predicted octanol–water partition coefficient (Wildman–Crippen LogP) is 2.09. The van der Waals surface area contributed by atoms with Crippen LogP contribution in [0.1, 0.15) is 25.8 Å². The minimum absolute atomic E-state index is 0.0313. The highest BCUT2D eigenvalue weighted by molar-refractivity contribution is 5.40. The van der Waals surface area contributed by atoms with Gasteiger partial charge < -0.3 is 9.88 Å². The number of rotatable bonds is 6. The molecule has 0 unspecified atom stereocenters. The Balaban J connectivity index is 1.99. The normalized spacial score (nSPS) is 10.6. The first-order valence-corrected chi connectivity index (χ1v) is 6.68. The molecule has 0 amide bonds. The Morgan fingerprint density at radius 3 is 2.84 bits per heavy atom. The van der Waals surface area contributed by atoms with Crippen LogP contribution >= 0.6 is 0 Å². The monoisotopic (exact) mass is 260 g/mol. The van der Waals surface area contributed by atoms with Crippen molar-refractivity contribution in [2.45, 2.75) is 39.9 Å². The average molecular weight is 260 g/mol. The second-order valence-electron chi connectivity index (χ2n) is 4.51. The lowest BCUT2D eigenvalue weighted by atomic mass is 10.3. The summed E-state index contributed by atoms with van der Waals surface area (Å²) < 4.78 is 3.63. The summed E-state index contributed by atoms with van der Waals surface area (Å²) in [4.78, 5) is 11.5. The van der Waals surface area contributed by atoms with E-state index < -0.39 is 0 Å². The van der Waals surface area contributed by atoms with Gasteiger partial charge >= 0.3 is 0 Å². The van der Waals surface area contributed by atoms with E-state index in [0.717, 1.165) is 24.2 Å². The molecule has 2 rings (SSSR count). The molecule has 2 aromatic rings. The molecule has 0 aliphatic heterocycles. The fourth-order valence-electron chi connectivity index (χ4n) is 1.94. The highest BCUT2D eigenvalue weighted by Crippen LogP contribution is 2.07. The summed E-state index contributed by atoms with van der Waals surface area (Å²) >= 11 is 0. The molecule has 5 nitrogen and oxygen atoms in total. The summed E-state index contributed by atoms with van der Waals surface area (Å²) in [6, 6.07) is 3.40. The van der Waals surface area contributed by atoms with Crippen molar-refractivity contribution in [2.24, 2.45) is 0 Å². The summed E-state index contributed by atoms with van der Waals surface area (Å²) in [5, 5.41) is 7.59. The molecule has 0 fully saturated rings. The van der Waals surface area contributed by atoms with Crippen LogP contribution in [0.15, 0.2) is 35.5 Å². The van der Waals surface area contributed by atoms with Crippen LogP contribution in [0.5, 0.6) is 0 Å². The minimum atomic E-state index is 0.0313. The van der Waals surface area contributed by atoms with Crippen molar-refractivity contribution in [2.75, 3.05) is 5.32 Å². The Kier molecular flexibility index (Phi) is 4.39. The van der Waals surface area contributed by atoms with Crippen molar-refractivity contribution in [3.8, 4) is 0 Å². The molecule has 0 bridgehead atoms. The van der Waals surface area contributed by atoms with Gasteiger partial charge in [-0.2, -0.15) is 5.10 Å². The van der Waals surface area contributed by atoms with E-state index in [-0.39, 0.29) is 5.56 Å². The lowest BCUT2D eigenvalue weighted by molar-refractivity contribution is 0.602. The van der Waals surface area contributed by atoms with Gasteiger partial charge in [0.15, 0.2) is 0 Å². The van der Waals surface area contributed by atoms with E-state index in [1.807, 2.05) is 36.3 Å². The van der Waals surface area contributed by atoms with Crippen LogP contribution in [0.2, 0.25) is 0 Å². The maximum absolute atomic E-state index is 11.5. The van der Waals surface area contributed by atoms with E-state index >= 15 is 0 Å². The molecule has 0 aliphatic rings. The van der Waals surface area contributed by atoms with Gasteiger partial charge in [-0.3, -0.25) is 9.48 Å². The van der Waals surface area contributed by atoms with Gasteiger partial charge in [0.1, 0.15) is 0 Å². The van der Waals surface area contributed by atoms with Crippen molar-refractivity contribution in [3.05, 3.63) is 46.6 Å². The predicted molar refractivity (Wildman–Crippen MR) is 76.2 cm³/mol. The topological polar surface area (TPSA) is 51.9 Å². The summed E-state index contributed by atoms with van der Waals surface area (Å²) in [6.07, 6.45) is 6.85. The van der Waals surface area contributed by atoms with Crippen LogP contribution < -0.4 is 10.9 Å². The zero-order valence-corrected chi connectivity index (χ0v) is 11.5. The summed E-state index contributed by atoms with van der Waals surface area (Å²) in [5.74, 6) is 0. The zero-order valence-electron chi connectivity index (χ0n) is 11.5. The molecular weight excluding hydrogens is 240 g/mol. The SMILES string of the molecule is CCCn1cc(CNc2ccc(=O)n(CC)c2)cn1. The molecule has 2 heterocycles. The van der Waals surface area contributed by atoms with Crippen LogP contribution in [0.25, 0.3) is 0 Å². The Morgan fingerprint density at radius 1 is 1.26 bits per heavy atom. The Morgan fingerprint density at radius 2 is 2.11 bits per heavy atom. The Hall–Kier alpha value is -2.04. The van der Waals surface area contributed by atoms with Crippen LogP contribution in [-0.4, -0.2) is 14.3 Å². The quantitative estimate of drug-likeness (QED) is 0.865. The highest BCUT2D eigenvalue weighted by atomic mass is 16.1. The fraction of sp³-hybridized carbons (Fsp3) is 0.429. The third-order valence-corrected chi connectivity index (χ3v) is 2.96. The molecule has 102 valence electrons. The Labute approximate surface area is 112 Å². The minimum Gasteiger partial charge on any atom is -0.380 e. The maximum atomic E-state index is 11.5. The number of nitrogens with one attached hydrogen (secondary N) is 1. The molecule has 1 N–H and O–H groups in total. The molecule has 0 spiro atoms. The van der Waals surface area contributed by atoms with Gasteiger partial charge in [-0.25, -0.2) is 0 Å². The molecule has 0 radical (unpaired) electrons. The lowest BCUT2D eigenvalue weighted by Crippen LogP contribution is -2.17. The Bertz CT molecular complexity index is 585. The molecule has 2 aromatic heterocycles. The average Bonchev–Trinajstić information content (AvgIpc) is 2.86. The van der Waals surface area contributed by atoms with E-state index in [1.54, 1.807) is 10.6 Å². The molecule has 19 heavy (non-hydrogen) atoms. The largest absolute Gasteiger partial charge is 0.380 e. The first-order valence-electron chi connectivity index (χ1n) is 6.68. The second-order valence-corrected chi connectivity index (χ2v) is 4.51. The van der Waals surface area contributed by atoms with Gasteiger partial charge in [0.2, 0.25) is 0 Å². The van der Waals surface area contributed by atoms with Crippen molar-refractivity contribution in [1.29, 1.82) is 0 Å². The van der Waals surface area contributed by atoms with Gasteiger partial charge in [0.25, 0.3) is 5.56 Å². The summed E-state index contributed by atoms with van der Waals surface area (Å²) in [7, 11) is 0. The number of hydrogen-bond acceptors (Lipinski definition) is 3. The first-order chi connectivity index (χ1) is 9.22.